The molecule has 3 heteroatoms. The van der Waals surface area contributed by atoms with Gasteiger partial charge in [-0.3, -0.25) is 0 Å². The normalized spacial score (nSPS) is 12.4. The molecule has 0 fully saturated rings. The minimum absolute atomic E-state index is 0.259. The van der Waals surface area contributed by atoms with Crippen LogP contribution >= 0.6 is 11.6 Å². The zero-order valence-corrected chi connectivity index (χ0v) is 11.2. The number of rotatable bonds is 9. The van der Waals surface area contributed by atoms with Gasteiger partial charge in [0.2, 0.25) is 0 Å². The lowest BCUT2D eigenvalue weighted by Gasteiger charge is -2.10. The minimum atomic E-state index is 0.259. The van der Waals surface area contributed by atoms with E-state index in [-0.39, 0.29) is 5.38 Å². The quantitative estimate of drug-likeness (QED) is 0.539. The molecule has 1 N–H and O–H groups in total. The molecule has 0 aliphatic rings. The molecule has 0 aliphatic carbocycles. The predicted octanol–water partition coefficient (Wildman–Crippen LogP) is 3.45. The molecule has 0 radical (unpaired) electrons. The molecule has 0 heterocycles. The van der Waals surface area contributed by atoms with Crippen molar-refractivity contribution in [2.45, 2.75) is 31.6 Å². The maximum Gasteiger partial charge on any atom is 0.119 e. The largest absolute Gasteiger partial charge is 0.494 e. The highest BCUT2D eigenvalue weighted by Crippen LogP contribution is 2.08. The first-order chi connectivity index (χ1) is 8.33. The zero-order valence-electron chi connectivity index (χ0n) is 10.5. The molecule has 1 rings (SSSR count). The average Bonchev–Trinajstić information content (AvgIpc) is 2.35. The van der Waals surface area contributed by atoms with E-state index in [9.17, 15) is 0 Å². The Bertz CT molecular complexity index is 279. The van der Waals surface area contributed by atoms with E-state index < -0.39 is 0 Å². The molecule has 0 aliphatic heterocycles. The number of hydrogen-bond donors (Lipinski definition) is 1. The Kier molecular flexibility index (Phi) is 7.85. The summed E-state index contributed by atoms with van der Waals surface area (Å²) in [5.74, 6) is 0.939. The molecule has 1 aromatic carbocycles. The second kappa shape index (κ2) is 9.32. The summed E-state index contributed by atoms with van der Waals surface area (Å²) in [6, 6.07) is 9.91. The summed E-state index contributed by atoms with van der Waals surface area (Å²) < 4.78 is 5.59. The first-order valence-corrected chi connectivity index (χ1v) is 6.79. The van der Waals surface area contributed by atoms with Gasteiger partial charge in [-0.15, -0.1) is 11.6 Å². The molecule has 2 nitrogen and oxygen atoms in total. The van der Waals surface area contributed by atoms with Crippen molar-refractivity contribution >= 4 is 11.6 Å². The third-order valence-electron chi connectivity index (χ3n) is 2.48. The van der Waals surface area contributed by atoms with E-state index in [4.69, 9.17) is 16.3 Å². The molecule has 0 saturated heterocycles. The molecule has 0 bridgehead atoms. The van der Waals surface area contributed by atoms with Crippen LogP contribution in [0.5, 0.6) is 5.75 Å². The maximum absolute atomic E-state index is 6.10. The second-order valence-corrected chi connectivity index (χ2v) is 4.72. The number of halogens is 1. The lowest BCUT2D eigenvalue weighted by Crippen LogP contribution is -2.25. The standard InChI is InChI=1S/C14H22ClNO/c1-2-7-13(15)12-16-10-6-11-17-14-8-4-3-5-9-14/h3-5,8-9,13,16H,2,6-7,10-12H2,1H3. The van der Waals surface area contributed by atoms with Crippen molar-refractivity contribution in [2.75, 3.05) is 19.7 Å². The molecule has 0 amide bonds. The topological polar surface area (TPSA) is 21.3 Å². The van der Waals surface area contributed by atoms with Crippen molar-refractivity contribution < 1.29 is 4.74 Å². The van der Waals surface area contributed by atoms with Gasteiger partial charge < -0.3 is 10.1 Å². The van der Waals surface area contributed by atoms with Crippen LogP contribution < -0.4 is 10.1 Å². The number of alkyl halides is 1. The predicted molar refractivity (Wildman–Crippen MR) is 74.0 cm³/mol. The number of nitrogens with one attached hydrogen (secondary N) is 1. The summed E-state index contributed by atoms with van der Waals surface area (Å²) in [7, 11) is 0. The van der Waals surface area contributed by atoms with E-state index in [2.05, 4.69) is 12.2 Å². The van der Waals surface area contributed by atoms with Gasteiger partial charge in [0.1, 0.15) is 5.75 Å². The molecule has 1 unspecified atom stereocenters. The van der Waals surface area contributed by atoms with Gasteiger partial charge in [0.05, 0.1) is 6.61 Å². The van der Waals surface area contributed by atoms with E-state index in [1.165, 1.54) is 0 Å². The van der Waals surface area contributed by atoms with Crippen molar-refractivity contribution in [3.05, 3.63) is 30.3 Å². The Labute approximate surface area is 109 Å². The fourth-order valence-electron chi connectivity index (χ4n) is 1.58. The fourth-order valence-corrected chi connectivity index (χ4v) is 1.91. The highest BCUT2D eigenvalue weighted by molar-refractivity contribution is 6.20. The van der Waals surface area contributed by atoms with Crippen molar-refractivity contribution in [3.8, 4) is 5.75 Å². The number of para-hydroxylation sites is 1. The van der Waals surface area contributed by atoms with Crippen LogP contribution in [0.25, 0.3) is 0 Å². The highest BCUT2D eigenvalue weighted by atomic mass is 35.5. The molecular weight excluding hydrogens is 234 g/mol. The number of ether oxygens (including phenoxy) is 1. The Hall–Kier alpha value is -0.730. The first kappa shape index (κ1) is 14.3. The smallest absolute Gasteiger partial charge is 0.119 e. The summed E-state index contributed by atoms with van der Waals surface area (Å²) in [4.78, 5) is 0. The van der Waals surface area contributed by atoms with Gasteiger partial charge in [0, 0.05) is 11.9 Å². The SMILES string of the molecule is CCCC(Cl)CNCCCOc1ccccc1. The zero-order chi connectivity index (χ0) is 12.3. The highest BCUT2D eigenvalue weighted by Gasteiger charge is 2.01. The van der Waals surface area contributed by atoms with Crippen molar-refractivity contribution in [2.24, 2.45) is 0 Å². The Morgan fingerprint density at radius 1 is 1.29 bits per heavy atom. The van der Waals surface area contributed by atoms with Crippen LogP contribution in [0.4, 0.5) is 0 Å². The van der Waals surface area contributed by atoms with Gasteiger partial charge in [0.25, 0.3) is 0 Å². The molecule has 1 atom stereocenters. The molecule has 0 aromatic heterocycles. The summed E-state index contributed by atoms with van der Waals surface area (Å²) in [6.07, 6.45) is 3.23. The van der Waals surface area contributed by atoms with Gasteiger partial charge in [-0.2, -0.15) is 0 Å². The number of hydrogen-bond acceptors (Lipinski definition) is 2. The summed E-state index contributed by atoms with van der Waals surface area (Å²) in [5, 5.41) is 3.60. The lowest BCUT2D eigenvalue weighted by atomic mass is 10.2. The van der Waals surface area contributed by atoms with Crippen molar-refractivity contribution in [1.82, 2.24) is 5.32 Å². The summed E-state index contributed by atoms with van der Waals surface area (Å²) >= 11 is 6.10. The lowest BCUT2D eigenvalue weighted by molar-refractivity contribution is 0.308. The third-order valence-corrected chi connectivity index (χ3v) is 2.85. The first-order valence-electron chi connectivity index (χ1n) is 6.35. The molecular formula is C14H22ClNO. The molecule has 1 aromatic rings. The van der Waals surface area contributed by atoms with Gasteiger partial charge in [-0.25, -0.2) is 0 Å². The van der Waals surface area contributed by atoms with Crippen LogP contribution in [-0.4, -0.2) is 25.1 Å². The van der Waals surface area contributed by atoms with E-state index in [0.29, 0.717) is 0 Å². The molecule has 0 saturated carbocycles. The van der Waals surface area contributed by atoms with Crippen molar-refractivity contribution in [3.63, 3.8) is 0 Å². The third kappa shape index (κ3) is 7.24. The molecule has 17 heavy (non-hydrogen) atoms. The Morgan fingerprint density at radius 3 is 2.76 bits per heavy atom. The number of benzene rings is 1. The fraction of sp³-hybridized carbons (Fsp3) is 0.571. The minimum Gasteiger partial charge on any atom is -0.494 e. The Morgan fingerprint density at radius 2 is 2.06 bits per heavy atom. The second-order valence-electron chi connectivity index (χ2n) is 4.11. The van der Waals surface area contributed by atoms with E-state index in [1.54, 1.807) is 0 Å². The summed E-state index contributed by atoms with van der Waals surface area (Å²) in [6.45, 7) is 4.75. The van der Waals surface area contributed by atoms with Crippen LogP contribution in [0.2, 0.25) is 0 Å². The van der Waals surface area contributed by atoms with E-state index in [0.717, 1.165) is 44.7 Å². The van der Waals surface area contributed by atoms with Crippen LogP contribution in [0.15, 0.2) is 30.3 Å². The molecule has 0 spiro atoms. The molecule has 96 valence electrons. The monoisotopic (exact) mass is 255 g/mol. The van der Waals surface area contributed by atoms with Crippen LogP contribution in [-0.2, 0) is 0 Å². The average molecular weight is 256 g/mol. The van der Waals surface area contributed by atoms with E-state index >= 15 is 0 Å². The van der Waals surface area contributed by atoms with Crippen LogP contribution in [0, 0.1) is 0 Å². The maximum atomic E-state index is 6.10. The van der Waals surface area contributed by atoms with Gasteiger partial charge in [-0.05, 0) is 31.5 Å². The van der Waals surface area contributed by atoms with Gasteiger partial charge >= 0.3 is 0 Å². The van der Waals surface area contributed by atoms with Crippen LogP contribution in [0.1, 0.15) is 26.2 Å². The van der Waals surface area contributed by atoms with Gasteiger partial charge in [0.15, 0.2) is 0 Å². The van der Waals surface area contributed by atoms with Gasteiger partial charge in [-0.1, -0.05) is 31.5 Å². The van der Waals surface area contributed by atoms with Crippen LogP contribution in [0.3, 0.4) is 0 Å². The summed E-state index contributed by atoms with van der Waals surface area (Å²) in [5.41, 5.74) is 0. The van der Waals surface area contributed by atoms with Crippen molar-refractivity contribution in [1.29, 1.82) is 0 Å². The Balaban J connectivity index is 1.95. The van der Waals surface area contributed by atoms with E-state index in [1.807, 2.05) is 30.3 Å².